The van der Waals surface area contributed by atoms with E-state index in [1.54, 1.807) is 31.6 Å². The first kappa shape index (κ1) is 20.6. The van der Waals surface area contributed by atoms with E-state index in [0.717, 1.165) is 21.8 Å². The van der Waals surface area contributed by atoms with Crippen LogP contribution in [0, 0.1) is 6.92 Å². The van der Waals surface area contributed by atoms with E-state index in [0.29, 0.717) is 24.5 Å². The molecule has 5 nitrogen and oxygen atoms in total. The van der Waals surface area contributed by atoms with Crippen LogP contribution in [-0.4, -0.2) is 31.7 Å². The predicted molar refractivity (Wildman–Crippen MR) is 118 cm³/mol. The number of hydrogen-bond acceptors (Lipinski definition) is 5. The van der Waals surface area contributed by atoms with Gasteiger partial charge >= 0.3 is 0 Å². The van der Waals surface area contributed by atoms with Gasteiger partial charge in [-0.25, -0.2) is 4.98 Å². The normalized spacial score (nSPS) is 10.9. The second-order valence-electron chi connectivity index (χ2n) is 6.50. The molecule has 0 radical (unpaired) electrons. The van der Waals surface area contributed by atoms with E-state index in [9.17, 15) is 4.79 Å². The van der Waals surface area contributed by atoms with E-state index in [1.165, 1.54) is 11.6 Å². The van der Waals surface area contributed by atoms with Crippen LogP contribution in [-0.2, 0) is 11.2 Å². The first-order valence-corrected chi connectivity index (χ1v) is 10.2. The SMILES string of the molecule is COc1ccc(C=CC(=O)NCCc2csc(-c3ccc(C)cc3)n2)cc1OC. The van der Waals surface area contributed by atoms with Crippen LogP contribution in [0.25, 0.3) is 16.6 Å². The predicted octanol–water partition coefficient (Wildman–Crippen LogP) is 4.51. The number of nitrogens with zero attached hydrogens (tertiary/aromatic N) is 1. The van der Waals surface area contributed by atoms with E-state index in [-0.39, 0.29) is 5.91 Å². The molecule has 1 aromatic heterocycles. The van der Waals surface area contributed by atoms with Crippen molar-refractivity contribution >= 4 is 23.3 Å². The zero-order valence-electron chi connectivity index (χ0n) is 16.8. The number of nitrogens with one attached hydrogen (secondary N) is 1. The number of hydrogen-bond donors (Lipinski definition) is 1. The van der Waals surface area contributed by atoms with Gasteiger partial charge in [0.25, 0.3) is 0 Å². The summed E-state index contributed by atoms with van der Waals surface area (Å²) in [6, 6.07) is 13.8. The lowest BCUT2D eigenvalue weighted by molar-refractivity contribution is -0.116. The molecule has 0 saturated carbocycles. The van der Waals surface area contributed by atoms with Crippen LogP contribution in [0.1, 0.15) is 16.8 Å². The van der Waals surface area contributed by atoms with E-state index < -0.39 is 0 Å². The Labute approximate surface area is 175 Å². The molecule has 0 bridgehead atoms. The summed E-state index contributed by atoms with van der Waals surface area (Å²) in [5.74, 6) is 1.14. The maximum atomic E-state index is 12.1. The Morgan fingerprint density at radius 2 is 1.86 bits per heavy atom. The van der Waals surface area contributed by atoms with Crippen LogP contribution in [0.2, 0.25) is 0 Å². The van der Waals surface area contributed by atoms with Gasteiger partial charge in [0.2, 0.25) is 5.91 Å². The van der Waals surface area contributed by atoms with Gasteiger partial charge in [0.1, 0.15) is 5.01 Å². The van der Waals surface area contributed by atoms with Gasteiger partial charge in [-0.05, 0) is 30.7 Å². The smallest absolute Gasteiger partial charge is 0.244 e. The molecular formula is C23H24N2O3S. The monoisotopic (exact) mass is 408 g/mol. The van der Waals surface area contributed by atoms with E-state index in [4.69, 9.17) is 9.47 Å². The van der Waals surface area contributed by atoms with Crippen molar-refractivity contribution in [3.63, 3.8) is 0 Å². The lowest BCUT2D eigenvalue weighted by atomic mass is 10.2. The molecule has 0 aliphatic heterocycles. The highest BCUT2D eigenvalue weighted by Gasteiger charge is 2.06. The molecule has 2 aromatic carbocycles. The number of carbonyl (C=O) groups is 1. The number of ether oxygens (including phenoxy) is 2. The molecule has 0 fully saturated rings. The summed E-state index contributed by atoms with van der Waals surface area (Å²) in [4.78, 5) is 16.7. The first-order chi connectivity index (χ1) is 14.1. The Balaban J connectivity index is 1.50. The zero-order chi connectivity index (χ0) is 20.6. The number of methoxy groups -OCH3 is 2. The highest BCUT2D eigenvalue weighted by atomic mass is 32.1. The third-order valence-corrected chi connectivity index (χ3v) is 5.31. The molecule has 0 spiro atoms. The van der Waals surface area contributed by atoms with Crippen molar-refractivity contribution < 1.29 is 14.3 Å². The minimum absolute atomic E-state index is 0.145. The summed E-state index contributed by atoms with van der Waals surface area (Å²) in [6.07, 6.45) is 3.95. The minimum Gasteiger partial charge on any atom is -0.493 e. The average molecular weight is 409 g/mol. The second kappa shape index (κ2) is 9.89. The van der Waals surface area contributed by atoms with Crippen LogP contribution in [0.3, 0.4) is 0 Å². The van der Waals surface area contributed by atoms with E-state index in [1.807, 2.05) is 23.6 Å². The van der Waals surface area contributed by atoms with E-state index in [2.05, 4.69) is 41.5 Å². The van der Waals surface area contributed by atoms with Crippen molar-refractivity contribution in [1.29, 1.82) is 0 Å². The number of benzene rings is 2. The highest BCUT2D eigenvalue weighted by Crippen LogP contribution is 2.28. The van der Waals surface area contributed by atoms with Crippen LogP contribution >= 0.6 is 11.3 Å². The third-order valence-electron chi connectivity index (χ3n) is 4.37. The molecule has 0 atom stereocenters. The van der Waals surface area contributed by atoms with Crippen LogP contribution < -0.4 is 14.8 Å². The fraction of sp³-hybridized carbons (Fsp3) is 0.217. The number of thiazole rings is 1. The molecule has 1 amide bonds. The van der Waals surface area contributed by atoms with Crippen molar-refractivity contribution in [2.24, 2.45) is 0 Å². The molecule has 29 heavy (non-hydrogen) atoms. The maximum absolute atomic E-state index is 12.1. The Morgan fingerprint density at radius 3 is 2.59 bits per heavy atom. The Kier molecular flexibility index (Phi) is 7.03. The summed E-state index contributed by atoms with van der Waals surface area (Å²) < 4.78 is 10.5. The van der Waals surface area contributed by atoms with Crippen LogP contribution in [0.4, 0.5) is 0 Å². The third kappa shape index (κ3) is 5.68. The summed E-state index contributed by atoms with van der Waals surface area (Å²) in [6.45, 7) is 2.60. The molecule has 0 unspecified atom stereocenters. The van der Waals surface area contributed by atoms with Crippen molar-refractivity contribution in [3.8, 4) is 22.1 Å². The van der Waals surface area contributed by atoms with Gasteiger partial charge < -0.3 is 14.8 Å². The fourth-order valence-electron chi connectivity index (χ4n) is 2.75. The number of aryl methyl sites for hydroxylation is 1. The molecule has 0 aliphatic rings. The van der Waals surface area contributed by atoms with Gasteiger partial charge in [-0.1, -0.05) is 35.9 Å². The van der Waals surface area contributed by atoms with Gasteiger partial charge in [0.15, 0.2) is 11.5 Å². The highest BCUT2D eigenvalue weighted by molar-refractivity contribution is 7.13. The molecule has 1 heterocycles. The molecule has 3 rings (SSSR count). The summed E-state index contributed by atoms with van der Waals surface area (Å²) in [5, 5.41) is 5.93. The Bertz CT molecular complexity index is 994. The molecule has 6 heteroatoms. The number of rotatable bonds is 8. The maximum Gasteiger partial charge on any atom is 0.244 e. The van der Waals surface area contributed by atoms with Crippen molar-refractivity contribution in [2.45, 2.75) is 13.3 Å². The van der Waals surface area contributed by atoms with Gasteiger partial charge in [-0.15, -0.1) is 11.3 Å². The summed E-state index contributed by atoms with van der Waals surface area (Å²) in [7, 11) is 3.17. The lowest BCUT2D eigenvalue weighted by Gasteiger charge is -2.07. The summed E-state index contributed by atoms with van der Waals surface area (Å²) in [5.41, 5.74) is 4.19. The standard InChI is InChI=1S/C23H24N2O3S/c1-16-4-8-18(9-5-16)23-25-19(15-29-23)12-13-24-22(26)11-7-17-6-10-20(27-2)21(14-17)28-3/h4-11,14-15H,12-13H2,1-3H3,(H,24,26). The number of aromatic nitrogens is 1. The molecule has 0 aliphatic carbocycles. The van der Waals surface area contributed by atoms with Crippen LogP contribution in [0.5, 0.6) is 11.5 Å². The van der Waals surface area contributed by atoms with E-state index >= 15 is 0 Å². The van der Waals surface area contributed by atoms with Crippen molar-refractivity contribution in [2.75, 3.05) is 20.8 Å². The van der Waals surface area contributed by atoms with Gasteiger partial charge in [0, 0.05) is 30.0 Å². The molecular weight excluding hydrogens is 384 g/mol. The van der Waals surface area contributed by atoms with Crippen LogP contribution in [0.15, 0.2) is 53.9 Å². The Morgan fingerprint density at radius 1 is 1.10 bits per heavy atom. The topological polar surface area (TPSA) is 60.5 Å². The summed E-state index contributed by atoms with van der Waals surface area (Å²) >= 11 is 1.62. The van der Waals surface area contributed by atoms with Gasteiger partial charge in [-0.3, -0.25) is 4.79 Å². The molecule has 0 saturated heterocycles. The van der Waals surface area contributed by atoms with Crippen molar-refractivity contribution in [3.05, 3.63) is 70.7 Å². The quantitative estimate of drug-likeness (QED) is 0.557. The number of carbonyl (C=O) groups excluding carboxylic acids is 1. The van der Waals surface area contributed by atoms with Gasteiger partial charge in [-0.2, -0.15) is 0 Å². The Hall–Kier alpha value is -3.12. The average Bonchev–Trinajstić information content (AvgIpc) is 3.21. The van der Waals surface area contributed by atoms with Crippen molar-refractivity contribution in [1.82, 2.24) is 10.3 Å². The van der Waals surface area contributed by atoms with Gasteiger partial charge in [0.05, 0.1) is 19.9 Å². The minimum atomic E-state index is -0.145. The fourth-order valence-corrected chi connectivity index (χ4v) is 3.61. The molecule has 1 N–H and O–H groups in total. The second-order valence-corrected chi connectivity index (χ2v) is 7.36. The lowest BCUT2D eigenvalue weighted by Crippen LogP contribution is -2.23. The molecule has 3 aromatic rings. The first-order valence-electron chi connectivity index (χ1n) is 9.28. The zero-order valence-corrected chi connectivity index (χ0v) is 17.6. The molecule has 150 valence electrons. The number of amides is 1. The largest absolute Gasteiger partial charge is 0.493 e.